The first-order chi connectivity index (χ1) is 8.17. The molecule has 0 saturated carbocycles. The minimum atomic E-state index is 0.777. The standard InChI is InChI=1S/C11H16N4OS/c1-8-4-5-9(16-8)6-15(3)7-10-13-14-11(12-2)17-10/h4-5H,6-7H2,1-3H3,(H,12,14). The zero-order chi connectivity index (χ0) is 12.3. The first-order valence-corrected chi connectivity index (χ1v) is 6.23. The second kappa shape index (κ2) is 5.29. The summed E-state index contributed by atoms with van der Waals surface area (Å²) in [5.41, 5.74) is 0. The molecule has 0 atom stereocenters. The number of nitrogens with zero attached hydrogens (tertiary/aromatic N) is 3. The van der Waals surface area contributed by atoms with E-state index in [1.54, 1.807) is 11.3 Å². The number of hydrogen-bond acceptors (Lipinski definition) is 6. The molecule has 5 nitrogen and oxygen atoms in total. The van der Waals surface area contributed by atoms with Gasteiger partial charge in [-0.2, -0.15) is 0 Å². The molecule has 2 aromatic heterocycles. The van der Waals surface area contributed by atoms with Crippen molar-refractivity contribution in [3.63, 3.8) is 0 Å². The van der Waals surface area contributed by atoms with Gasteiger partial charge in [-0.15, -0.1) is 10.2 Å². The predicted octanol–water partition coefficient (Wildman–Crippen LogP) is 2.11. The number of rotatable bonds is 5. The highest BCUT2D eigenvalue weighted by atomic mass is 32.1. The fourth-order valence-corrected chi connectivity index (χ4v) is 2.31. The molecule has 0 saturated heterocycles. The van der Waals surface area contributed by atoms with E-state index in [0.29, 0.717) is 0 Å². The molecule has 0 aliphatic carbocycles. The summed E-state index contributed by atoms with van der Waals surface area (Å²) in [5, 5.41) is 12.9. The van der Waals surface area contributed by atoms with E-state index >= 15 is 0 Å². The van der Waals surface area contributed by atoms with Crippen molar-refractivity contribution < 1.29 is 4.42 Å². The zero-order valence-corrected chi connectivity index (χ0v) is 11.0. The number of nitrogens with one attached hydrogen (secondary N) is 1. The number of furan rings is 1. The van der Waals surface area contributed by atoms with E-state index in [2.05, 4.69) is 20.4 Å². The highest BCUT2D eigenvalue weighted by Gasteiger charge is 2.08. The molecule has 2 rings (SSSR count). The van der Waals surface area contributed by atoms with Crippen LogP contribution < -0.4 is 5.32 Å². The summed E-state index contributed by atoms with van der Waals surface area (Å²) >= 11 is 1.57. The van der Waals surface area contributed by atoms with Crippen LogP contribution in [0.15, 0.2) is 16.5 Å². The largest absolute Gasteiger partial charge is 0.465 e. The average molecular weight is 252 g/mol. The Balaban J connectivity index is 1.90. The quantitative estimate of drug-likeness (QED) is 0.883. The molecule has 17 heavy (non-hydrogen) atoms. The summed E-state index contributed by atoms with van der Waals surface area (Å²) in [4.78, 5) is 2.15. The Morgan fingerprint density at radius 1 is 1.35 bits per heavy atom. The van der Waals surface area contributed by atoms with Crippen molar-refractivity contribution in [1.82, 2.24) is 15.1 Å². The maximum absolute atomic E-state index is 5.53. The average Bonchev–Trinajstić information content (AvgIpc) is 2.88. The van der Waals surface area contributed by atoms with Gasteiger partial charge in [0.2, 0.25) is 5.13 Å². The lowest BCUT2D eigenvalue weighted by molar-refractivity contribution is 0.284. The summed E-state index contributed by atoms with van der Waals surface area (Å²) in [6, 6.07) is 3.98. The third-order valence-electron chi connectivity index (χ3n) is 2.31. The molecule has 92 valence electrons. The van der Waals surface area contributed by atoms with E-state index in [1.807, 2.05) is 33.2 Å². The summed E-state index contributed by atoms with van der Waals surface area (Å²) in [6.45, 7) is 3.51. The Labute approximate surface area is 104 Å². The number of hydrogen-bond donors (Lipinski definition) is 1. The molecule has 0 spiro atoms. The number of aryl methyl sites for hydroxylation is 1. The van der Waals surface area contributed by atoms with Gasteiger partial charge in [0.25, 0.3) is 0 Å². The van der Waals surface area contributed by atoms with Crippen LogP contribution in [-0.2, 0) is 13.1 Å². The van der Waals surface area contributed by atoms with E-state index in [4.69, 9.17) is 4.42 Å². The fraction of sp³-hybridized carbons (Fsp3) is 0.455. The Morgan fingerprint density at radius 2 is 2.18 bits per heavy atom. The lowest BCUT2D eigenvalue weighted by Crippen LogP contribution is -2.16. The molecule has 0 bridgehead atoms. The van der Waals surface area contributed by atoms with E-state index in [-0.39, 0.29) is 0 Å². The van der Waals surface area contributed by atoms with Crippen LogP contribution >= 0.6 is 11.3 Å². The topological polar surface area (TPSA) is 54.2 Å². The van der Waals surface area contributed by atoms with Gasteiger partial charge in [0.05, 0.1) is 13.1 Å². The molecule has 0 aromatic carbocycles. The molecule has 0 radical (unpaired) electrons. The van der Waals surface area contributed by atoms with Crippen molar-refractivity contribution >= 4 is 16.5 Å². The van der Waals surface area contributed by atoms with Crippen molar-refractivity contribution in [3.05, 3.63) is 28.7 Å². The first-order valence-electron chi connectivity index (χ1n) is 5.41. The maximum Gasteiger partial charge on any atom is 0.205 e. The van der Waals surface area contributed by atoms with Gasteiger partial charge in [0.15, 0.2) is 0 Å². The van der Waals surface area contributed by atoms with Gasteiger partial charge in [0, 0.05) is 7.05 Å². The second-order valence-corrected chi connectivity index (χ2v) is 5.00. The molecule has 1 N–H and O–H groups in total. The van der Waals surface area contributed by atoms with Crippen LogP contribution in [0.25, 0.3) is 0 Å². The Morgan fingerprint density at radius 3 is 2.76 bits per heavy atom. The van der Waals surface area contributed by atoms with Crippen molar-refractivity contribution in [2.75, 3.05) is 19.4 Å². The highest BCUT2D eigenvalue weighted by Crippen LogP contribution is 2.17. The van der Waals surface area contributed by atoms with Crippen molar-refractivity contribution in [2.24, 2.45) is 0 Å². The summed E-state index contributed by atoms with van der Waals surface area (Å²) < 4.78 is 5.53. The van der Waals surface area contributed by atoms with Gasteiger partial charge in [-0.25, -0.2) is 0 Å². The van der Waals surface area contributed by atoms with Crippen LogP contribution in [0.5, 0.6) is 0 Å². The summed E-state index contributed by atoms with van der Waals surface area (Å²) in [7, 11) is 3.89. The number of aromatic nitrogens is 2. The van der Waals surface area contributed by atoms with Gasteiger partial charge in [0.1, 0.15) is 16.5 Å². The minimum absolute atomic E-state index is 0.777. The third kappa shape index (κ3) is 3.28. The van der Waals surface area contributed by atoms with Crippen LogP contribution in [0.4, 0.5) is 5.13 Å². The molecular weight excluding hydrogens is 236 g/mol. The van der Waals surface area contributed by atoms with Crippen LogP contribution in [0.1, 0.15) is 16.5 Å². The SMILES string of the molecule is CNc1nnc(CN(C)Cc2ccc(C)o2)s1. The van der Waals surface area contributed by atoms with Crippen LogP contribution in [0, 0.1) is 6.92 Å². The lowest BCUT2D eigenvalue weighted by Gasteiger charge is -2.12. The molecule has 6 heteroatoms. The molecule has 0 amide bonds. The normalized spacial score (nSPS) is 11.1. The molecule has 2 heterocycles. The monoisotopic (exact) mass is 252 g/mol. The van der Waals surface area contributed by atoms with E-state index in [1.165, 1.54) is 0 Å². The van der Waals surface area contributed by atoms with Gasteiger partial charge in [-0.3, -0.25) is 4.90 Å². The number of anilines is 1. The third-order valence-corrected chi connectivity index (χ3v) is 3.23. The van der Waals surface area contributed by atoms with Gasteiger partial charge in [-0.05, 0) is 26.1 Å². The fourth-order valence-electron chi connectivity index (χ4n) is 1.54. The van der Waals surface area contributed by atoms with Gasteiger partial charge in [-0.1, -0.05) is 11.3 Å². The van der Waals surface area contributed by atoms with Gasteiger partial charge < -0.3 is 9.73 Å². The van der Waals surface area contributed by atoms with Crippen molar-refractivity contribution in [3.8, 4) is 0 Å². The smallest absolute Gasteiger partial charge is 0.205 e. The van der Waals surface area contributed by atoms with Crippen molar-refractivity contribution in [2.45, 2.75) is 20.0 Å². The molecule has 0 fully saturated rings. The summed E-state index contributed by atoms with van der Waals surface area (Å²) in [5.74, 6) is 1.92. The molecule has 0 aliphatic heterocycles. The Kier molecular flexibility index (Phi) is 3.75. The second-order valence-electron chi connectivity index (χ2n) is 3.94. The van der Waals surface area contributed by atoms with E-state index in [9.17, 15) is 0 Å². The van der Waals surface area contributed by atoms with Crippen LogP contribution in [0.2, 0.25) is 0 Å². The van der Waals surface area contributed by atoms with Crippen LogP contribution in [-0.4, -0.2) is 29.2 Å². The maximum atomic E-state index is 5.53. The summed E-state index contributed by atoms with van der Waals surface area (Å²) in [6.07, 6.45) is 0. The molecule has 2 aromatic rings. The molecular formula is C11H16N4OS. The van der Waals surface area contributed by atoms with Gasteiger partial charge >= 0.3 is 0 Å². The highest BCUT2D eigenvalue weighted by molar-refractivity contribution is 7.15. The van der Waals surface area contributed by atoms with Crippen LogP contribution in [0.3, 0.4) is 0 Å². The first kappa shape index (κ1) is 12.1. The zero-order valence-electron chi connectivity index (χ0n) is 10.2. The molecule has 0 aliphatic rings. The Bertz CT molecular complexity index is 479. The molecule has 0 unspecified atom stereocenters. The predicted molar refractivity (Wildman–Crippen MR) is 68.1 cm³/mol. The Hall–Kier alpha value is -1.40. The van der Waals surface area contributed by atoms with E-state index in [0.717, 1.165) is 34.7 Å². The lowest BCUT2D eigenvalue weighted by atomic mass is 10.4. The minimum Gasteiger partial charge on any atom is -0.465 e. The van der Waals surface area contributed by atoms with E-state index < -0.39 is 0 Å². The van der Waals surface area contributed by atoms with Crippen molar-refractivity contribution in [1.29, 1.82) is 0 Å².